The second kappa shape index (κ2) is 12.2. The molecule has 1 aromatic carbocycles. The van der Waals surface area contributed by atoms with Crippen LogP contribution >= 0.6 is 46.7 Å². The molecule has 0 saturated heterocycles. The van der Waals surface area contributed by atoms with Crippen molar-refractivity contribution in [1.29, 1.82) is 0 Å². The Morgan fingerprint density at radius 2 is 1.87 bits per heavy atom. The smallest absolute Gasteiger partial charge is 0.191 e. The third-order valence-electron chi connectivity index (χ3n) is 4.20. The maximum atomic E-state index is 5.21. The van der Waals surface area contributed by atoms with Crippen molar-refractivity contribution >= 4 is 52.6 Å². The fraction of sp³-hybridized carbons (Fsp3) is 0.381. The number of aromatic nitrogens is 2. The summed E-state index contributed by atoms with van der Waals surface area (Å²) in [4.78, 5) is 14.0. The summed E-state index contributed by atoms with van der Waals surface area (Å²) in [6.45, 7) is 8.36. The lowest BCUT2D eigenvalue weighted by Gasteiger charge is -2.09. The molecule has 2 aromatic heterocycles. The molecule has 3 rings (SSSR count). The lowest BCUT2D eigenvalue weighted by atomic mass is 10.2. The molecule has 0 aliphatic carbocycles. The normalized spacial score (nSPS) is 11.3. The summed E-state index contributed by atoms with van der Waals surface area (Å²) in [5, 5.41) is 12.9. The molecule has 0 amide bonds. The first-order valence-electron chi connectivity index (χ1n) is 9.64. The van der Waals surface area contributed by atoms with Gasteiger partial charge in [-0.25, -0.2) is 15.0 Å². The van der Waals surface area contributed by atoms with Gasteiger partial charge in [-0.15, -0.1) is 46.7 Å². The Balaban J connectivity index is 0.00000320. The molecular formula is C21H28IN5OS2. The van der Waals surface area contributed by atoms with E-state index in [2.05, 4.69) is 52.1 Å². The SMILES string of the molecule is CCNC(=NCc1csc(-c2ccc(OC)cc2)n1)NCc1nc(C(C)C)cs1.I. The molecule has 0 aliphatic rings. The summed E-state index contributed by atoms with van der Waals surface area (Å²) >= 11 is 3.31. The minimum Gasteiger partial charge on any atom is -0.497 e. The summed E-state index contributed by atoms with van der Waals surface area (Å²) in [6, 6.07) is 7.95. The van der Waals surface area contributed by atoms with Crippen LogP contribution in [0.25, 0.3) is 10.6 Å². The van der Waals surface area contributed by atoms with Crippen LogP contribution in [-0.4, -0.2) is 29.6 Å². The van der Waals surface area contributed by atoms with Crippen molar-refractivity contribution in [1.82, 2.24) is 20.6 Å². The van der Waals surface area contributed by atoms with E-state index in [-0.39, 0.29) is 24.0 Å². The second-order valence-corrected chi connectivity index (χ2v) is 8.54. The Morgan fingerprint density at radius 3 is 2.50 bits per heavy atom. The molecule has 0 bridgehead atoms. The van der Waals surface area contributed by atoms with Gasteiger partial charge in [-0.2, -0.15) is 0 Å². The van der Waals surface area contributed by atoms with Gasteiger partial charge in [0.2, 0.25) is 0 Å². The highest BCUT2D eigenvalue weighted by atomic mass is 127. The number of methoxy groups -OCH3 is 1. The summed E-state index contributed by atoms with van der Waals surface area (Å²) in [7, 11) is 1.67. The van der Waals surface area contributed by atoms with Crippen molar-refractivity contribution in [3.63, 3.8) is 0 Å². The van der Waals surface area contributed by atoms with Gasteiger partial charge in [0.25, 0.3) is 0 Å². The number of hydrogen-bond acceptors (Lipinski definition) is 6. The van der Waals surface area contributed by atoms with Crippen LogP contribution in [0.15, 0.2) is 40.0 Å². The minimum absolute atomic E-state index is 0. The number of aliphatic imine (C=N–C) groups is 1. The molecule has 3 aromatic rings. The van der Waals surface area contributed by atoms with E-state index in [4.69, 9.17) is 9.72 Å². The van der Waals surface area contributed by atoms with Crippen molar-refractivity contribution in [2.75, 3.05) is 13.7 Å². The molecule has 0 aliphatic heterocycles. The van der Waals surface area contributed by atoms with Gasteiger partial charge in [0.1, 0.15) is 15.8 Å². The number of nitrogens with zero attached hydrogens (tertiary/aromatic N) is 3. The van der Waals surface area contributed by atoms with E-state index in [0.29, 0.717) is 19.0 Å². The molecule has 2 heterocycles. The molecule has 0 unspecified atom stereocenters. The van der Waals surface area contributed by atoms with Gasteiger partial charge in [-0.3, -0.25) is 0 Å². The lowest BCUT2D eigenvalue weighted by Crippen LogP contribution is -2.36. The number of benzene rings is 1. The van der Waals surface area contributed by atoms with Crippen LogP contribution in [0.3, 0.4) is 0 Å². The minimum atomic E-state index is 0. The Kier molecular flexibility index (Phi) is 9.99. The average Bonchev–Trinajstić information content (AvgIpc) is 3.40. The van der Waals surface area contributed by atoms with Gasteiger partial charge in [0.05, 0.1) is 31.6 Å². The highest BCUT2D eigenvalue weighted by Gasteiger charge is 2.08. The molecule has 9 heteroatoms. The van der Waals surface area contributed by atoms with Crippen LogP contribution in [-0.2, 0) is 13.1 Å². The zero-order chi connectivity index (χ0) is 20.6. The Hall–Kier alpha value is -1.72. The standard InChI is InChI=1S/C21H27N5OS2.HI/c1-5-22-21(24-11-19-26-18(13-28-19)14(2)3)23-10-16-12-29-20(25-16)15-6-8-17(27-4)9-7-15;/h6-9,12-14H,5,10-11H2,1-4H3,(H2,22,23,24);1H. The number of nitrogens with one attached hydrogen (secondary N) is 2. The predicted octanol–water partition coefficient (Wildman–Crippen LogP) is 5.27. The zero-order valence-corrected chi connectivity index (χ0v) is 21.6. The van der Waals surface area contributed by atoms with Crippen molar-refractivity contribution in [2.45, 2.75) is 39.8 Å². The summed E-state index contributed by atoms with van der Waals surface area (Å²) in [5.74, 6) is 2.07. The van der Waals surface area contributed by atoms with Gasteiger partial charge in [-0.1, -0.05) is 13.8 Å². The third kappa shape index (κ3) is 6.92. The summed E-state index contributed by atoms with van der Waals surface area (Å²) in [5.41, 5.74) is 3.18. The maximum Gasteiger partial charge on any atom is 0.191 e. The van der Waals surface area contributed by atoms with Crippen molar-refractivity contribution in [2.24, 2.45) is 4.99 Å². The molecule has 0 radical (unpaired) electrons. The van der Waals surface area contributed by atoms with Crippen LogP contribution in [0, 0.1) is 0 Å². The molecule has 0 spiro atoms. The first kappa shape index (κ1) is 24.5. The van der Waals surface area contributed by atoms with Crippen molar-refractivity contribution in [3.8, 4) is 16.3 Å². The average molecular weight is 558 g/mol. The molecule has 0 fully saturated rings. The highest BCUT2D eigenvalue weighted by Crippen LogP contribution is 2.26. The van der Waals surface area contributed by atoms with E-state index in [1.165, 1.54) is 0 Å². The van der Waals surface area contributed by atoms with Crippen molar-refractivity contribution < 1.29 is 4.74 Å². The van der Waals surface area contributed by atoms with E-state index in [0.717, 1.165) is 45.2 Å². The quantitative estimate of drug-likeness (QED) is 0.224. The molecule has 2 N–H and O–H groups in total. The molecule has 30 heavy (non-hydrogen) atoms. The molecule has 6 nitrogen and oxygen atoms in total. The van der Waals surface area contributed by atoms with Gasteiger partial charge >= 0.3 is 0 Å². The molecule has 162 valence electrons. The fourth-order valence-electron chi connectivity index (χ4n) is 2.58. The van der Waals surface area contributed by atoms with Crippen LogP contribution < -0.4 is 15.4 Å². The lowest BCUT2D eigenvalue weighted by molar-refractivity contribution is 0.415. The number of ether oxygens (including phenoxy) is 1. The largest absolute Gasteiger partial charge is 0.497 e. The van der Waals surface area contributed by atoms with Crippen LogP contribution in [0.5, 0.6) is 5.75 Å². The number of thiazole rings is 2. The number of guanidine groups is 1. The number of hydrogen-bond donors (Lipinski definition) is 2. The molecule has 0 saturated carbocycles. The van der Waals surface area contributed by atoms with Crippen LogP contribution in [0.4, 0.5) is 0 Å². The molecule has 0 atom stereocenters. The maximum absolute atomic E-state index is 5.21. The summed E-state index contributed by atoms with van der Waals surface area (Å²) in [6.07, 6.45) is 0. The van der Waals surface area contributed by atoms with Crippen LogP contribution in [0.2, 0.25) is 0 Å². The van der Waals surface area contributed by atoms with Crippen molar-refractivity contribution in [3.05, 3.63) is 51.4 Å². The molecular weight excluding hydrogens is 529 g/mol. The van der Waals surface area contributed by atoms with E-state index in [1.54, 1.807) is 29.8 Å². The number of halogens is 1. The highest BCUT2D eigenvalue weighted by molar-refractivity contribution is 14.0. The topological polar surface area (TPSA) is 71.4 Å². The Morgan fingerprint density at radius 1 is 1.10 bits per heavy atom. The summed E-state index contributed by atoms with van der Waals surface area (Å²) < 4.78 is 5.21. The predicted molar refractivity (Wildman–Crippen MR) is 137 cm³/mol. The van der Waals surface area contributed by atoms with Gasteiger partial charge in [-0.05, 0) is 37.1 Å². The number of rotatable bonds is 8. The van der Waals surface area contributed by atoms with E-state index < -0.39 is 0 Å². The third-order valence-corrected chi connectivity index (χ3v) is 6.01. The van der Waals surface area contributed by atoms with Gasteiger partial charge in [0.15, 0.2) is 5.96 Å². The van der Waals surface area contributed by atoms with E-state index in [9.17, 15) is 0 Å². The first-order chi connectivity index (χ1) is 14.1. The zero-order valence-electron chi connectivity index (χ0n) is 17.6. The van der Waals surface area contributed by atoms with E-state index in [1.807, 2.05) is 24.3 Å². The Bertz CT molecular complexity index is 937. The second-order valence-electron chi connectivity index (χ2n) is 6.74. The fourth-order valence-corrected chi connectivity index (χ4v) is 4.29. The van der Waals surface area contributed by atoms with E-state index >= 15 is 0 Å². The first-order valence-corrected chi connectivity index (χ1v) is 11.4. The Labute approximate surface area is 203 Å². The van der Waals surface area contributed by atoms with Gasteiger partial charge in [0, 0.05) is 22.9 Å². The monoisotopic (exact) mass is 557 g/mol. The van der Waals surface area contributed by atoms with Crippen LogP contribution in [0.1, 0.15) is 43.1 Å². The van der Waals surface area contributed by atoms with Gasteiger partial charge < -0.3 is 15.4 Å².